The van der Waals surface area contributed by atoms with Crippen LogP contribution in [0, 0.1) is 24.0 Å². The van der Waals surface area contributed by atoms with Crippen molar-refractivity contribution >= 4 is 4.31 Å². The van der Waals surface area contributed by atoms with Crippen molar-refractivity contribution < 1.29 is 30.2 Å². The van der Waals surface area contributed by atoms with Crippen LogP contribution < -0.4 is 10.2 Å². The van der Waals surface area contributed by atoms with E-state index in [2.05, 4.69) is 67.5 Å². The maximum atomic E-state index is 8.25. The number of rotatable bonds is 0. The summed E-state index contributed by atoms with van der Waals surface area (Å²) in [6.45, 7) is 19.3. The van der Waals surface area contributed by atoms with E-state index in [1.807, 2.05) is 31.2 Å². The topological polar surface area (TPSA) is 46.1 Å². The molecule has 0 spiro atoms. The van der Waals surface area contributed by atoms with Gasteiger partial charge in [-0.25, -0.2) is 11.1 Å². The quantitative estimate of drug-likeness (QED) is 0.475. The molecule has 0 aromatic rings. The van der Waals surface area contributed by atoms with Crippen LogP contribution in [0.2, 0.25) is 0 Å². The second-order valence-electron chi connectivity index (χ2n) is 5.89. The van der Waals surface area contributed by atoms with Gasteiger partial charge in [0.05, 0.1) is 0 Å². The first-order valence-corrected chi connectivity index (χ1v) is 9.39. The van der Waals surface area contributed by atoms with Crippen molar-refractivity contribution in [1.29, 1.82) is 0 Å². The molecule has 2 aliphatic rings. The monoisotopic (exact) mass is 380 g/mol. The molecule has 2 rings (SSSR count). The summed E-state index contributed by atoms with van der Waals surface area (Å²) in [6, 6.07) is 0. The molecule has 0 bridgehead atoms. The predicted molar refractivity (Wildman–Crippen MR) is 104 cm³/mol. The molecule has 2 unspecified atom stereocenters. The predicted octanol–water partition coefficient (Wildman–Crippen LogP) is 3.75. The molecule has 2 aliphatic carbocycles. The number of hydrogen-bond acceptors (Lipinski definition) is 2. The molecule has 25 heavy (non-hydrogen) atoms. The molecule has 0 fully saturated rings. The third kappa shape index (κ3) is 10.9. The van der Waals surface area contributed by atoms with Crippen LogP contribution in [0.5, 0.6) is 0 Å². The van der Waals surface area contributed by atoms with Gasteiger partial charge >= 0.3 is 31.2 Å². The van der Waals surface area contributed by atoms with Crippen LogP contribution in [0.1, 0.15) is 62.3 Å². The number of allylic oxidation sites excluding steroid dienone is 8. The zero-order chi connectivity index (χ0) is 20.7. The van der Waals surface area contributed by atoms with E-state index in [-0.39, 0.29) is 0 Å². The van der Waals surface area contributed by atoms with Crippen LogP contribution in [0.3, 0.4) is 0 Å². The normalized spacial score (nSPS) is 20.6. The summed E-state index contributed by atoms with van der Waals surface area (Å²) in [4.78, 5) is 0. The second kappa shape index (κ2) is 16.9. The van der Waals surface area contributed by atoms with E-state index in [1.165, 1.54) is 33.4 Å². The zero-order valence-corrected chi connectivity index (χ0v) is 19.6. The van der Waals surface area contributed by atoms with Crippen molar-refractivity contribution in [1.82, 2.24) is 0 Å². The van der Waals surface area contributed by atoms with Crippen LogP contribution in [-0.2, 0) is 20.0 Å². The third-order valence-electron chi connectivity index (χ3n) is 4.47. The average molecular weight is 380 g/mol. The largest absolute Gasteiger partial charge is 0.857 e. The molecular formula is C22H36O2Ti-2. The maximum Gasteiger partial charge on any atom is -0.153 e. The second-order valence-corrected chi connectivity index (χ2v) is 6.79. The van der Waals surface area contributed by atoms with E-state index >= 15 is 0 Å². The molecular weight excluding hydrogens is 344 g/mol. The summed E-state index contributed by atoms with van der Waals surface area (Å²) in [5.74, 6) is 1.12. The van der Waals surface area contributed by atoms with E-state index in [0.29, 0.717) is 11.8 Å². The first-order chi connectivity index (χ1) is 11.7. The summed E-state index contributed by atoms with van der Waals surface area (Å²) >= 11 is 2.00. The molecule has 0 saturated carbocycles. The first kappa shape index (κ1) is 29.2. The minimum atomic E-state index is 0.560. The van der Waals surface area contributed by atoms with Gasteiger partial charge in [-0.3, -0.25) is 12.2 Å². The fraction of sp³-hybridized carbons (Fsp3) is 0.591. The third-order valence-corrected chi connectivity index (χ3v) is 4.47. The molecule has 0 aromatic carbocycles. The minimum absolute atomic E-state index is 0.560. The van der Waals surface area contributed by atoms with E-state index in [9.17, 15) is 0 Å². The summed E-state index contributed by atoms with van der Waals surface area (Å²) in [5.41, 5.74) is 8.49. The Kier molecular flexibility index (Phi) is 19.8. The van der Waals surface area contributed by atoms with E-state index in [1.54, 1.807) is 0 Å². The Morgan fingerprint density at radius 2 is 0.920 bits per heavy atom. The molecule has 0 radical (unpaired) electrons. The van der Waals surface area contributed by atoms with Crippen molar-refractivity contribution in [2.24, 2.45) is 11.8 Å². The summed E-state index contributed by atoms with van der Waals surface area (Å²) < 4.78 is 2.00. The van der Waals surface area contributed by atoms with Crippen molar-refractivity contribution in [2.75, 3.05) is 14.2 Å². The Bertz CT molecular complexity index is 464. The van der Waals surface area contributed by atoms with Crippen LogP contribution >= 0.6 is 0 Å². The molecule has 2 atom stereocenters. The fourth-order valence-corrected chi connectivity index (χ4v) is 2.32. The van der Waals surface area contributed by atoms with Gasteiger partial charge in [0.2, 0.25) is 0 Å². The Balaban J connectivity index is -0.000000287. The van der Waals surface area contributed by atoms with Crippen molar-refractivity contribution in [3.63, 3.8) is 0 Å². The molecule has 0 N–H and O–H groups in total. The van der Waals surface area contributed by atoms with Crippen molar-refractivity contribution in [3.05, 3.63) is 45.6 Å². The van der Waals surface area contributed by atoms with Crippen LogP contribution in [0.4, 0.5) is 0 Å². The molecule has 142 valence electrons. The molecule has 2 nitrogen and oxygen atoms in total. The molecule has 0 amide bonds. The standard InChI is InChI=1S/2C9H13.C2H4.2CH3O.Ti/c2*1-6-5-7(2)9(4)8(6)3;3*1-2;/h2*6H,1-4H3;1H,2H3;2*1H3;/q2*-1;;2*-1;+2. The molecule has 0 heterocycles. The Morgan fingerprint density at radius 1 is 0.720 bits per heavy atom. The zero-order valence-electron chi connectivity index (χ0n) is 18.0. The SMILES string of the molecule is CC1=[C-]C(C)C(C)=C1C.CC1=[C-]C(C)C(C)=C1C.C[CH]=[Ti+2].C[O-].C[O-]. The van der Waals surface area contributed by atoms with Gasteiger partial charge in [0.1, 0.15) is 0 Å². The summed E-state index contributed by atoms with van der Waals surface area (Å²) in [6.07, 6.45) is 6.72. The Labute approximate surface area is 168 Å². The molecule has 0 aliphatic heterocycles. The van der Waals surface area contributed by atoms with Crippen LogP contribution in [-0.4, -0.2) is 18.5 Å². The van der Waals surface area contributed by atoms with Gasteiger partial charge in [0, 0.05) is 0 Å². The minimum Gasteiger partial charge on any atom is -0.857 e. The van der Waals surface area contributed by atoms with Gasteiger partial charge in [0.25, 0.3) is 0 Å². The maximum absolute atomic E-state index is 8.25. The van der Waals surface area contributed by atoms with Gasteiger partial charge in [-0.2, -0.15) is 36.5 Å². The van der Waals surface area contributed by atoms with Gasteiger partial charge in [0.15, 0.2) is 0 Å². The average Bonchev–Trinajstić information content (AvgIpc) is 2.96. The Hall–Kier alpha value is -0.536. The smallest absolute Gasteiger partial charge is 0.153 e. The van der Waals surface area contributed by atoms with Crippen LogP contribution in [0.15, 0.2) is 33.4 Å². The van der Waals surface area contributed by atoms with Crippen molar-refractivity contribution in [2.45, 2.75) is 62.3 Å². The number of hydrogen-bond donors (Lipinski definition) is 0. The van der Waals surface area contributed by atoms with Gasteiger partial charge < -0.3 is 10.2 Å². The van der Waals surface area contributed by atoms with Gasteiger partial charge in [-0.05, 0) is 0 Å². The fourth-order valence-electron chi connectivity index (χ4n) is 2.32. The van der Waals surface area contributed by atoms with Crippen LogP contribution in [0.25, 0.3) is 0 Å². The van der Waals surface area contributed by atoms with Gasteiger partial charge in [-0.15, -0.1) is 13.8 Å². The first-order valence-electron chi connectivity index (χ1n) is 8.49. The summed E-state index contributed by atoms with van der Waals surface area (Å²) in [7, 11) is 1.50. The molecule has 0 saturated heterocycles. The summed E-state index contributed by atoms with van der Waals surface area (Å²) in [5, 5.41) is 16.5. The van der Waals surface area contributed by atoms with Gasteiger partial charge in [-0.1, -0.05) is 53.4 Å². The van der Waals surface area contributed by atoms with E-state index < -0.39 is 0 Å². The van der Waals surface area contributed by atoms with Crippen molar-refractivity contribution in [3.8, 4) is 0 Å². The van der Waals surface area contributed by atoms with E-state index in [4.69, 9.17) is 10.2 Å². The molecule has 0 aromatic heterocycles. The Morgan fingerprint density at radius 3 is 0.960 bits per heavy atom. The molecule has 3 heteroatoms. The van der Waals surface area contributed by atoms with E-state index in [0.717, 1.165) is 14.2 Å².